The minimum atomic E-state index is -3.68. The molecule has 0 saturated heterocycles. The van der Waals surface area contributed by atoms with Crippen molar-refractivity contribution in [1.29, 1.82) is 0 Å². The fraction of sp³-hybridized carbons (Fsp3) is 0.250. The number of rotatable bonds is 6. The quantitative estimate of drug-likeness (QED) is 0.890. The van der Waals surface area contributed by atoms with E-state index in [1.54, 1.807) is 12.1 Å². The fourth-order valence-electron chi connectivity index (χ4n) is 2.06. The smallest absolute Gasteiger partial charge is 0.264 e. The first-order chi connectivity index (χ1) is 10.1. The van der Waals surface area contributed by atoms with Gasteiger partial charge in [0.2, 0.25) is 0 Å². The summed E-state index contributed by atoms with van der Waals surface area (Å²) >= 11 is 0. The molecule has 5 heteroatoms. The van der Waals surface area contributed by atoms with Crippen molar-refractivity contribution in [2.75, 3.05) is 10.8 Å². The highest BCUT2D eigenvalue weighted by molar-refractivity contribution is 7.92. The van der Waals surface area contributed by atoms with Gasteiger partial charge in [-0.15, -0.1) is 0 Å². The molecule has 1 N–H and O–H groups in total. The summed E-state index contributed by atoms with van der Waals surface area (Å²) in [6, 6.07) is 14.8. The van der Waals surface area contributed by atoms with Crippen molar-refractivity contribution in [3.8, 4) is 5.75 Å². The number of hydrogen-bond acceptors (Lipinski definition) is 3. The van der Waals surface area contributed by atoms with Crippen molar-refractivity contribution in [2.24, 2.45) is 0 Å². The van der Waals surface area contributed by atoms with Crippen LogP contribution in [-0.2, 0) is 10.0 Å². The van der Waals surface area contributed by atoms with E-state index in [-0.39, 0.29) is 10.6 Å². The van der Waals surface area contributed by atoms with Gasteiger partial charge in [-0.05, 0) is 30.7 Å². The number of sulfonamides is 1. The molecule has 0 radical (unpaired) electrons. The number of para-hydroxylation sites is 1. The number of phenols is 1. The van der Waals surface area contributed by atoms with Crippen molar-refractivity contribution < 1.29 is 13.5 Å². The van der Waals surface area contributed by atoms with Gasteiger partial charge in [0, 0.05) is 12.6 Å². The van der Waals surface area contributed by atoms with Gasteiger partial charge in [0.1, 0.15) is 5.75 Å². The molecular weight excluding hydrogens is 286 g/mol. The first-order valence-corrected chi connectivity index (χ1v) is 8.36. The van der Waals surface area contributed by atoms with E-state index in [2.05, 4.69) is 0 Å². The maximum atomic E-state index is 12.8. The maximum Gasteiger partial charge on any atom is 0.264 e. The average molecular weight is 305 g/mol. The average Bonchev–Trinajstić information content (AvgIpc) is 2.48. The second kappa shape index (κ2) is 6.63. The molecule has 21 heavy (non-hydrogen) atoms. The Labute approximate surface area is 125 Å². The Bertz CT molecular complexity index is 684. The van der Waals surface area contributed by atoms with Crippen LogP contribution in [0.2, 0.25) is 0 Å². The molecule has 2 aromatic carbocycles. The Morgan fingerprint density at radius 2 is 1.76 bits per heavy atom. The van der Waals surface area contributed by atoms with E-state index in [1.165, 1.54) is 28.6 Å². The Morgan fingerprint density at radius 3 is 2.38 bits per heavy atom. The highest BCUT2D eigenvalue weighted by atomic mass is 32.2. The van der Waals surface area contributed by atoms with Crippen LogP contribution in [0.15, 0.2) is 59.5 Å². The molecule has 4 nitrogen and oxygen atoms in total. The molecule has 0 aliphatic carbocycles. The summed E-state index contributed by atoms with van der Waals surface area (Å²) in [7, 11) is -3.68. The molecule has 2 rings (SSSR count). The maximum absolute atomic E-state index is 12.8. The molecular formula is C16H19NO3S. The molecule has 0 aliphatic rings. The van der Waals surface area contributed by atoms with E-state index < -0.39 is 10.0 Å². The third-order valence-electron chi connectivity index (χ3n) is 3.16. The van der Waals surface area contributed by atoms with Gasteiger partial charge >= 0.3 is 0 Å². The zero-order valence-corrected chi connectivity index (χ0v) is 12.8. The first-order valence-electron chi connectivity index (χ1n) is 6.92. The van der Waals surface area contributed by atoms with Crippen molar-refractivity contribution in [1.82, 2.24) is 0 Å². The second-order valence-electron chi connectivity index (χ2n) is 4.76. The van der Waals surface area contributed by atoms with E-state index >= 15 is 0 Å². The summed E-state index contributed by atoms with van der Waals surface area (Å²) in [5.41, 5.74) is 0.634. The minimum Gasteiger partial charge on any atom is -0.508 e. The van der Waals surface area contributed by atoms with E-state index in [4.69, 9.17) is 0 Å². The molecule has 2 aromatic rings. The fourth-order valence-corrected chi connectivity index (χ4v) is 3.60. The third kappa shape index (κ3) is 3.55. The lowest BCUT2D eigenvalue weighted by molar-refractivity contribution is 0.473. The standard InChI is InChI=1S/C16H19NO3S/c1-2-3-12-17(14-8-5-4-6-9-14)21(19,20)16-11-7-10-15(18)13-16/h4-11,13,18H,2-3,12H2,1H3. The molecule has 0 heterocycles. The molecule has 0 atom stereocenters. The van der Waals surface area contributed by atoms with Crippen LogP contribution in [0.25, 0.3) is 0 Å². The molecule has 112 valence electrons. The van der Waals surface area contributed by atoms with Crippen molar-refractivity contribution >= 4 is 15.7 Å². The van der Waals surface area contributed by atoms with E-state index in [9.17, 15) is 13.5 Å². The highest BCUT2D eigenvalue weighted by Gasteiger charge is 2.24. The summed E-state index contributed by atoms with van der Waals surface area (Å²) in [4.78, 5) is 0.0995. The SMILES string of the molecule is CCCCN(c1ccccc1)S(=O)(=O)c1cccc(O)c1. The predicted octanol–water partition coefficient (Wildman–Crippen LogP) is 3.39. The normalized spacial score (nSPS) is 11.3. The first kappa shape index (κ1) is 15.4. The molecule has 0 amide bonds. The van der Waals surface area contributed by atoms with Crippen LogP contribution in [0.1, 0.15) is 19.8 Å². The summed E-state index contributed by atoms with van der Waals surface area (Å²) in [6.45, 7) is 2.43. The van der Waals surface area contributed by atoms with Crippen LogP contribution in [0, 0.1) is 0 Å². The number of aromatic hydroxyl groups is 1. The predicted molar refractivity (Wildman–Crippen MR) is 84.0 cm³/mol. The van der Waals surface area contributed by atoms with E-state index in [0.29, 0.717) is 12.2 Å². The molecule has 0 unspecified atom stereocenters. The Kier molecular flexibility index (Phi) is 4.85. The zero-order chi connectivity index (χ0) is 15.3. The molecule has 0 fully saturated rings. The van der Waals surface area contributed by atoms with E-state index in [1.807, 2.05) is 25.1 Å². The summed E-state index contributed by atoms with van der Waals surface area (Å²) < 4.78 is 27.0. The second-order valence-corrected chi connectivity index (χ2v) is 6.63. The molecule has 0 spiro atoms. The van der Waals surface area contributed by atoms with Crippen LogP contribution in [-0.4, -0.2) is 20.1 Å². The van der Waals surface area contributed by atoms with Gasteiger partial charge in [-0.3, -0.25) is 4.31 Å². The van der Waals surface area contributed by atoms with Crippen molar-refractivity contribution in [3.63, 3.8) is 0 Å². The van der Waals surface area contributed by atoms with Gasteiger partial charge in [-0.2, -0.15) is 0 Å². The Balaban J connectivity index is 2.44. The van der Waals surface area contributed by atoms with Crippen LogP contribution in [0.4, 0.5) is 5.69 Å². The monoisotopic (exact) mass is 305 g/mol. The molecule has 0 bridgehead atoms. The van der Waals surface area contributed by atoms with Gasteiger partial charge in [0.15, 0.2) is 0 Å². The number of hydrogen-bond donors (Lipinski definition) is 1. The van der Waals surface area contributed by atoms with Crippen LogP contribution in [0.5, 0.6) is 5.75 Å². The third-order valence-corrected chi connectivity index (χ3v) is 4.99. The van der Waals surface area contributed by atoms with Crippen LogP contribution in [0.3, 0.4) is 0 Å². The number of unbranched alkanes of at least 4 members (excludes halogenated alkanes) is 1. The summed E-state index contributed by atoms with van der Waals surface area (Å²) in [5, 5.41) is 9.52. The molecule has 0 saturated carbocycles. The number of nitrogens with zero attached hydrogens (tertiary/aromatic N) is 1. The lowest BCUT2D eigenvalue weighted by Crippen LogP contribution is -2.31. The van der Waals surface area contributed by atoms with Gasteiger partial charge in [0.05, 0.1) is 10.6 Å². The van der Waals surface area contributed by atoms with Gasteiger partial charge in [-0.25, -0.2) is 8.42 Å². The molecule has 0 aliphatic heterocycles. The Morgan fingerprint density at radius 1 is 1.05 bits per heavy atom. The molecule has 0 aromatic heterocycles. The summed E-state index contributed by atoms with van der Waals surface area (Å²) in [5.74, 6) is -0.0559. The van der Waals surface area contributed by atoms with Gasteiger partial charge in [0.25, 0.3) is 10.0 Å². The van der Waals surface area contributed by atoms with Gasteiger partial charge in [-0.1, -0.05) is 37.6 Å². The largest absolute Gasteiger partial charge is 0.508 e. The Hall–Kier alpha value is -2.01. The van der Waals surface area contributed by atoms with Crippen LogP contribution < -0.4 is 4.31 Å². The highest BCUT2D eigenvalue weighted by Crippen LogP contribution is 2.25. The van der Waals surface area contributed by atoms with E-state index in [0.717, 1.165) is 12.8 Å². The summed E-state index contributed by atoms with van der Waals surface area (Å²) in [6.07, 6.45) is 1.67. The number of anilines is 1. The van der Waals surface area contributed by atoms with Gasteiger partial charge < -0.3 is 5.11 Å². The lowest BCUT2D eigenvalue weighted by atomic mass is 10.3. The topological polar surface area (TPSA) is 57.6 Å². The number of benzene rings is 2. The van der Waals surface area contributed by atoms with Crippen molar-refractivity contribution in [2.45, 2.75) is 24.7 Å². The number of phenolic OH excluding ortho intramolecular Hbond substituents is 1. The van der Waals surface area contributed by atoms with Crippen molar-refractivity contribution in [3.05, 3.63) is 54.6 Å². The lowest BCUT2D eigenvalue weighted by Gasteiger charge is -2.24. The van der Waals surface area contributed by atoms with Crippen LogP contribution >= 0.6 is 0 Å². The zero-order valence-electron chi connectivity index (χ0n) is 11.9. The minimum absolute atomic E-state index is 0.0559.